The van der Waals surface area contributed by atoms with Crippen LogP contribution < -0.4 is 5.32 Å². The Bertz CT molecular complexity index is 338. The summed E-state index contributed by atoms with van der Waals surface area (Å²) in [6.07, 6.45) is -0.711. The van der Waals surface area contributed by atoms with Crippen LogP contribution in [0.5, 0.6) is 0 Å². The number of nitrogens with zero attached hydrogens (tertiary/aromatic N) is 1. The highest BCUT2D eigenvalue weighted by Crippen LogP contribution is 2.32. The Balaban J connectivity index is 1.85. The Hall–Kier alpha value is -0.780. The average molecular weight is 292 g/mol. The largest absolute Gasteiger partial charge is 0.393 e. The number of hydrogen-bond acceptors (Lipinski definition) is 2. The summed E-state index contributed by atoms with van der Waals surface area (Å²) in [6, 6.07) is -0.429. The Labute approximate surface area is 117 Å². The van der Waals surface area contributed by atoms with Gasteiger partial charge in [0, 0.05) is 19.6 Å². The summed E-state index contributed by atoms with van der Waals surface area (Å²) < 4.78 is 37.8. The van der Waals surface area contributed by atoms with Crippen molar-refractivity contribution in [2.24, 2.45) is 11.8 Å². The van der Waals surface area contributed by atoms with Gasteiger partial charge in [-0.1, -0.05) is 6.92 Å². The zero-order chi connectivity index (χ0) is 14.8. The first kappa shape index (κ1) is 15.6. The molecule has 0 radical (unpaired) electrons. The summed E-state index contributed by atoms with van der Waals surface area (Å²) in [6.45, 7) is 3.52. The molecule has 116 valence electrons. The van der Waals surface area contributed by atoms with Gasteiger partial charge >= 0.3 is 6.18 Å². The van der Waals surface area contributed by atoms with Crippen LogP contribution in [0.4, 0.5) is 13.2 Å². The van der Waals surface area contributed by atoms with Gasteiger partial charge in [0.15, 0.2) is 0 Å². The van der Waals surface area contributed by atoms with E-state index in [4.69, 9.17) is 0 Å². The van der Waals surface area contributed by atoms with Crippen LogP contribution in [0, 0.1) is 11.8 Å². The number of piperidine rings is 1. The van der Waals surface area contributed by atoms with E-state index >= 15 is 0 Å². The molecule has 2 rings (SSSR count). The number of hydrogen-bond donors (Lipinski definition) is 1. The van der Waals surface area contributed by atoms with Gasteiger partial charge < -0.3 is 10.2 Å². The Morgan fingerprint density at radius 1 is 1.15 bits per heavy atom. The van der Waals surface area contributed by atoms with Crippen molar-refractivity contribution in [1.82, 2.24) is 10.2 Å². The van der Waals surface area contributed by atoms with E-state index in [0.717, 1.165) is 32.4 Å². The molecule has 2 aliphatic heterocycles. The van der Waals surface area contributed by atoms with E-state index < -0.39 is 18.1 Å². The number of amides is 1. The minimum atomic E-state index is -4.15. The summed E-state index contributed by atoms with van der Waals surface area (Å²) >= 11 is 0. The van der Waals surface area contributed by atoms with E-state index in [9.17, 15) is 18.0 Å². The van der Waals surface area contributed by atoms with Crippen LogP contribution in [0.25, 0.3) is 0 Å². The lowest BCUT2D eigenvalue weighted by atomic mass is 9.93. The molecule has 0 spiro atoms. The lowest BCUT2D eigenvalue weighted by Gasteiger charge is -2.33. The van der Waals surface area contributed by atoms with Gasteiger partial charge in [-0.2, -0.15) is 13.2 Å². The van der Waals surface area contributed by atoms with Crippen LogP contribution in [0.2, 0.25) is 0 Å². The second-order valence-corrected chi connectivity index (χ2v) is 6.14. The van der Waals surface area contributed by atoms with Gasteiger partial charge in [0.25, 0.3) is 0 Å². The van der Waals surface area contributed by atoms with Crippen molar-refractivity contribution >= 4 is 5.91 Å². The fraction of sp³-hybridized carbons (Fsp3) is 0.929. The number of halogens is 3. The number of rotatable bonds is 1. The molecule has 0 aromatic heterocycles. The first-order valence-corrected chi connectivity index (χ1v) is 7.47. The van der Waals surface area contributed by atoms with Crippen LogP contribution in [-0.2, 0) is 4.79 Å². The quantitative estimate of drug-likeness (QED) is 0.805. The Morgan fingerprint density at radius 3 is 2.50 bits per heavy atom. The van der Waals surface area contributed by atoms with Gasteiger partial charge in [0.1, 0.15) is 0 Å². The van der Waals surface area contributed by atoms with Gasteiger partial charge in [0.2, 0.25) is 5.91 Å². The standard InChI is InChI=1S/C14H23F3N2O/c1-10-3-2-7-19(8-6-10)13(20)12-5-4-11(9-18-12)14(15,16)17/h10-12,18H,2-9H2,1H3. The van der Waals surface area contributed by atoms with Crippen molar-refractivity contribution < 1.29 is 18.0 Å². The third kappa shape index (κ3) is 3.87. The molecule has 0 aromatic rings. The molecule has 2 saturated heterocycles. The molecular formula is C14H23F3N2O. The van der Waals surface area contributed by atoms with E-state index in [1.807, 2.05) is 4.90 Å². The lowest BCUT2D eigenvalue weighted by Crippen LogP contribution is -2.52. The van der Waals surface area contributed by atoms with Crippen molar-refractivity contribution in [3.63, 3.8) is 0 Å². The van der Waals surface area contributed by atoms with E-state index in [1.54, 1.807) is 0 Å². The molecule has 0 bridgehead atoms. The number of likely N-dealkylation sites (tertiary alicyclic amines) is 1. The highest BCUT2D eigenvalue weighted by atomic mass is 19.4. The summed E-state index contributed by atoms with van der Waals surface area (Å²) in [7, 11) is 0. The molecule has 20 heavy (non-hydrogen) atoms. The minimum Gasteiger partial charge on any atom is -0.341 e. The highest BCUT2D eigenvalue weighted by Gasteiger charge is 2.43. The molecule has 3 atom stereocenters. The van der Waals surface area contributed by atoms with E-state index in [0.29, 0.717) is 5.92 Å². The maximum atomic E-state index is 12.6. The molecule has 2 fully saturated rings. The van der Waals surface area contributed by atoms with Crippen LogP contribution >= 0.6 is 0 Å². The molecule has 1 amide bonds. The van der Waals surface area contributed by atoms with Gasteiger partial charge in [-0.25, -0.2) is 0 Å². The lowest BCUT2D eigenvalue weighted by molar-refractivity contribution is -0.180. The fourth-order valence-electron chi connectivity index (χ4n) is 3.05. The number of alkyl halides is 3. The molecule has 3 nitrogen and oxygen atoms in total. The molecule has 2 aliphatic rings. The minimum absolute atomic E-state index is 0.0141. The van der Waals surface area contributed by atoms with Gasteiger partial charge in [0.05, 0.1) is 12.0 Å². The second kappa shape index (κ2) is 6.33. The van der Waals surface area contributed by atoms with Crippen molar-refractivity contribution in [3.05, 3.63) is 0 Å². The SMILES string of the molecule is CC1CCCN(C(=O)C2CCC(C(F)(F)F)CN2)CC1. The van der Waals surface area contributed by atoms with Gasteiger partial charge in [-0.3, -0.25) is 4.79 Å². The monoisotopic (exact) mass is 292 g/mol. The number of carbonyl (C=O) groups excluding carboxylic acids is 1. The maximum Gasteiger partial charge on any atom is 0.393 e. The van der Waals surface area contributed by atoms with Crippen molar-refractivity contribution in [2.75, 3.05) is 19.6 Å². The first-order valence-electron chi connectivity index (χ1n) is 7.47. The van der Waals surface area contributed by atoms with E-state index in [1.165, 1.54) is 0 Å². The maximum absolute atomic E-state index is 12.6. The smallest absolute Gasteiger partial charge is 0.341 e. The Kier molecular flexibility index (Phi) is 4.94. The predicted molar refractivity (Wildman–Crippen MR) is 70.2 cm³/mol. The molecule has 0 saturated carbocycles. The van der Waals surface area contributed by atoms with Gasteiger partial charge in [-0.15, -0.1) is 0 Å². The average Bonchev–Trinajstić information content (AvgIpc) is 2.62. The molecule has 0 aromatic carbocycles. The van der Waals surface area contributed by atoms with E-state index in [-0.39, 0.29) is 25.3 Å². The second-order valence-electron chi connectivity index (χ2n) is 6.14. The van der Waals surface area contributed by atoms with Crippen molar-refractivity contribution in [2.45, 2.75) is 51.2 Å². The van der Waals surface area contributed by atoms with Crippen LogP contribution in [0.3, 0.4) is 0 Å². The van der Waals surface area contributed by atoms with E-state index in [2.05, 4.69) is 12.2 Å². The topological polar surface area (TPSA) is 32.3 Å². The fourth-order valence-corrected chi connectivity index (χ4v) is 3.05. The Morgan fingerprint density at radius 2 is 1.90 bits per heavy atom. The molecule has 6 heteroatoms. The zero-order valence-electron chi connectivity index (χ0n) is 11.9. The van der Waals surface area contributed by atoms with Crippen molar-refractivity contribution in [3.8, 4) is 0 Å². The van der Waals surface area contributed by atoms with Crippen LogP contribution in [0.1, 0.15) is 39.0 Å². The summed E-state index contributed by atoms with van der Waals surface area (Å²) in [5.41, 5.74) is 0. The summed E-state index contributed by atoms with van der Waals surface area (Å²) in [5.74, 6) is -0.697. The third-order valence-electron chi connectivity index (χ3n) is 4.50. The zero-order valence-corrected chi connectivity index (χ0v) is 11.9. The first-order chi connectivity index (χ1) is 9.38. The molecule has 2 heterocycles. The molecule has 3 unspecified atom stereocenters. The third-order valence-corrected chi connectivity index (χ3v) is 4.50. The molecule has 0 aliphatic carbocycles. The van der Waals surface area contributed by atoms with Crippen LogP contribution in [-0.4, -0.2) is 42.7 Å². The van der Waals surface area contributed by atoms with Crippen LogP contribution in [0.15, 0.2) is 0 Å². The number of carbonyl (C=O) groups is 1. The summed E-state index contributed by atoms with van der Waals surface area (Å²) in [4.78, 5) is 14.2. The van der Waals surface area contributed by atoms with Crippen molar-refractivity contribution in [1.29, 1.82) is 0 Å². The molecule has 1 N–H and O–H groups in total. The highest BCUT2D eigenvalue weighted by molar-refractivity contribution is 5.82. The van der Waals surface area contributed by atoms with Gasteiger partial charge in [-0.05, 0) is 38.0 Å². The molecular weight excluding hydrogens is 269 g/mol. The normalized spacial score (nSPS) is 32.8. The number of nitrogens with one attached hydrogen (secondary N) is 1. The predicted octanol–water partition coefficient (Wildman–Crippen LogP) is 2.57. The summed E-state index contributed by atoms with van der Waals surface area (Å²) in [5, 5.41) is 2.79.